The predicted molar refractivity (Wildman–Crippen MR) is 89.2 cm³/mol. The highest BCUT2D eigenvalue weighted by Gasteiger charge is 2.28. The topological polar surface area (TPSA) is 51.2 Å². The lowest BCUT2D eigenvalue weighted by Crippen LogP contribution is -2.19. The molecule has 2 aromatic rings. The molecule has 1 aromatic carbocycles. The van der Waals surface area contributed by atoms with E-state index in [1.54, 1.807) is 17.5 Å². The minimum atomic E-state index is -4.39. The van der Waals surface area contributed by atoms with Crippen LogP contribution in [0.5, 0.6) is 5.75 Å². The molecule has 0 saturated heterocycles. The molecule has 0 saturated carbocycles. The Hall–Kier alpha value is -1.13. The monoisotopic (exact) mass is 472 g/mol. The van der Waals surface area contributed by atoms with Crippen LogP contribution in [0.4, 0.5) is 18.3 Å². The minimum Gasteiger partial charge on any atom is -0.483 e. The number of hydrogen-bond donors (Lipinski definition) is 1. The first kappa shape index (κ1) is 18.2. The Morgan fingerprint density at radius 1 is 1.39 bits per heavy atom. The van der Waals surface area contributed by atoms with Crippen LogP contribution in [0, 0.1) is 0 Å². The van der Waals surface area contributed by atoms with Crippen molar-refractivity contribution in [1.82, 2.24) is 4.98 Å². The van der Waals surface area contributed by atoms with E-state index in [0.717, 1.165) is 0 Å². The largest absolute Gasteiger partial charge is 0.483 e. The first-order valence-electron chi connectivity index (χ1n) is 6.09. The number of carbonyl (C=O) groups excluding carboxylic acids is 1. The zero-order valence-electron chi connectivity index (χ0n) is 11.3. The maximum absolute atomic E-state index is 12.2. The number of carbonyl (C=O) groups is 1. The molecule has 10 heteroatoms. The average Bonchev–Trinajstić information content (AvgIpc) is 2.93. The summed E-state index contributed by atoms with van der Waals surface area (Å²) < 4.78 is 41.6. The molecule has 1 amide bonds. The summed E-state index contributed by atoms with van der Waals surface area (Å²) in [4.78, 5) is 15.5. The lowest BCUT2D eigenvalue weighted by Gasteiger charge is -2.11. The number of ether oxygens (including phenoxy) is 1. The summed E-state index contributed by atoms with van der Waals surface area (Å²) in [5.41, 5.74) is 1.29. The number of anilines is 1. The lowest BCUT2D eigenvalue weighted by atomic mass is 10.2. The van der Waals surface area contributed by atoms with Crippen LogP contribution in [0.25, 0.3) is 11.3 Å². The molecule has 0 fully saturated rings. The van der Waals surface area contributed by atoms with Gasteiger partial charge in [-0.15, -0.1) is 11.3 Å². The van der Waals surface area contributed by atoms with Gasteiger partial charge in [-0.05, 0) is 34.1 Å². The number of alkyl halides is 4. The number of nitrogens with one attached hydrogen (secondary N) is 1. The van der Waals surface area contributed by atoms with Crippen LogP contribution in [0.3, 0.4) is 0 Å². The van der Waals surface area contributed by atoms with Crippen LogP contribution in [0.1, 0.15) is 0 Å². The molecular formula is C13H9Br2F3N2O2S. The smallest absolute Gasteiger partial charge is 0.422 e. The van der Waals surface area contributed by atoms with E-state index in [9.17, 15) is 18.0 Å². The molecule has 124 valence electrons. The van der Waals surface area contributed by atoms with Crippen LogP contribution in [-0.2, 0) is 4.79 Å². The van der Waals surface area contributed by atoms with E-state index in [0.29, 0.717) is 20.9 Å². The highest BCUT2D eigenvalue weighted by Crippen LogP contribution is 2.33. The Morgan fingerprint density at radius 2 is 2.13 bits per heavy atom. The van der Waals surface area contributed by atoms with Gasteiger partial charge in [0.1, 0.15) is 5.75 Å². The van der Waals surface area contributed by atoms with Crippen molar-refractivity contribution in [2.75, 3.05) is 17.3 Å². The molecule has 0 spiro atoms. The summed E-state index contributed by atoms with van der Waals surface area (Å²) in [6.07, 6.45) is -4.39. The van der Waals surface area contributed by atoms with Gasteiger partial charge in [0.05, 0.1) is 15.5 Å². The standard InChI is InChI=1S/C13H9Br2F3N2O2S/c14-4-11(21)20-12-19-9(5-23-12)7-1-2-10(8(15)3-7)22-6-13(16,17)18/h1-3,5H,4,6H2,(H,19,20,21). The average molecular weight is 474 g/mol. The van der Waals surface area contributed by atoms with Crippen LogP contribution in [-0.4, -0.2) is 29.0 Å². The molecule has 1 aromatic heterocycles. The number of aromatic nitrogens is 1. The molecule has 23 heavy (non-hydrogen) atoms. The Morgan fingerprint density at radius 3 is 2.74 bits per heavy atom. The third kappa shape index (κ3) is 5.47. The maximum Gasteiger partial charge on any atom is 0.422 e. The van der Waals surface area contributed by atoms with E-state index in [4.69, 9.17) is 4.74 Å². The number of amides is 1. The Balaban J connectivity index is 2.12. The second-order valence-corrected chi connectivity index (χ2v) is 6.54. The quantitative estimate of drug-likeness (QED) is 0.631. The van der Waals surface area contributed by atoms with E-state index in [2.05, 4.69) is 42.2 Å². The maximum atomic E-state index is 12.2. The van der Waals surface area contributed by atoms with E-state index in [1.807, 2.05) is 0 Å². The molecule has 1 heterocycles. The number of thiazole rings is 1. The molecule has 0 atom stereocenters. The van der Waals surface area contributed by atoms with Crippen molar-refractivity contribution < 1.29 is 22.7 Å². The Labute approximate surface area is 150 Å². The Bertz CT molecular complexity index is 707. The van der Waals surface area contributed by atoms with Crippen molar-refractivity contribution in [1.29, 1.82) is 0 Å². The predicted octanol–water partition coefficient (Wildman–Crippen LogP) is 4.85. The molecule has 0 aliphatic rings. The molecule has 0 radical (unpaired) electrons. The number of nitrogens with zero attached hydrogens (tertiary/aromatic N) is 1. The molecule has 0 bridgehead atoms. The van der Waals surface area contributed by atoms with E-state index < -0.39 is 12.8 Å². The zero-order chi connectivity index (χ0) is 17.0. The second-order valence-electron chi connectivity index (χ2n) is 4.27. The molecule has 4 nitrogen and oxygen atoms in total. The highest BCUT2D eigenvalue weighted by molar-refractivity contribution is 9.10. The highest BCUT2D eigenvalue weighted by atomic mass is 79.9. The first-order valence-corrected chi connectivity index (χ1v) is 8.89. The van der Waals surface area contributed by atoms with Crippen molar-refractivity contribution in [3.8, 4) is 17.0 Å². The van der Waals surface area contributed by atoms with Gasteiger partial charge in [-0.1, -0.05) is 15.9 Å². The van der Waals surface area contributed by atoms with Gasteiger partial charge in [0.2, 0.25) is 5.91 Å². The van der Waals surface area contributed by atoms with Gasteiger partial charge in [0, 0.05) is 10.9 Å². The summed E-state index contributed by atoms with van der Waals surface area (Å²) in [5.74, 6) is -0.128. The van der Waals surface area contributed by atoms with Crippen molar-refractivity contribution in [2.45, 2.75) is 6.18 Å². The van der Waals surface area contributed by atoms with Crippen LogP contribution < -0.4 is 10.1 Å². The van der Waals surface area contributed by atoms with E-state index >= 15 is 0 Å². The SMILES string of the molecule is O=C(CBr)Nc1nc(-c2ccc(OCC(F)(F)F)c(Br)c2)cs1. The van der Waals surface area contributed by atoms with Crippen LogP contribution in [0.15, 0.2) is 28.1 Å². The normalized spacial score (nSPS) is 11.3. The zero-order valence-corrected chi connectivity index (χ0v) is 15.3. The van der Waals surface area contributed by atoms with Gasteiger partial charge in [-0.2, -0.15) is 13.2 Å². The lowest BCUT2D eigenvalue weighted by molar-refractivity contribution is -0.153. The number of benzene rings is 1. The van der Waals surface area contributed by atoms with Gasteiger partial charge in [0.25, 0.3) is 0 Å². The summed E-state index contributed by atoms with van der Waals surface area (Å²) >= 11 is 7.47. The second kappa shape index (κ2) is 7.63. The third-order valence-electron chi connectivity index (χ3n) is 2.49. The van der Waals surface area contributed by atoms with Crippen LogP contribution >= 0.6 is 43.2 Å². The molecular weight excluding hydrogens is 465 g/mol. The summed E-state index contributed by atoms with van der Waals surface area (Å²) in [5, 5.41) is 4.95. The molecule has 1 N–H and O–H groups in total. The first-order chi connectivity index (χ1) is 10.8. The van der Waals surface area contributed by atoms with Crippen molar-refractivity contribution in [3.63, 3.8) is 0 Å². The summed E-state index contributed by atoms with van der Waals surface area (Å²) in [6, 6.07) is 4.64. The number of halogens is 5. The van der Waals surface area contributed by atoms with Crippen molar-refractivity contribution in [3.05, 3.63) is 28.1 Å². The fourth-order valence-corrected chi connectivity index (χ4v) is 2.92. The van der Waals surface area contributed by atoms with Crippen molar-refractivity contribution in [2.24, 2.45) is 0 Å². The van der Waals surface area contributed by atoms with E-state index in [1.165, 1.54) is 17.4 Å². The summed E-state index contributed by atoms with van der Waals surface area (Å²) in [7, 11) is 0. The third-order valence-corrected chi connectivity index (χ3v) is 4.38. The van der Waals surface area contributed by atoms with Crippen LogP contribution in [0.2, 0.25) is 0 Å². The molecule has 0 unspecified atom stereocenters. The fraction of sp³-hybridized carbons (Fsp3) is 0.231. The minimum absolute atomic E-state index is 0.0918. The van der Waals surface area contributed by atoms with E-state index in [-0.39, 0.29) is 17.0 Å². The van der Waals surface area contributed by atoms with Gasteiger partial charge in [-0.3, -0.25) is 4.79 Å². The number of hydrogen-bond acceptors (Lipinski definition) is 4. The van der Waals surface area contributed by atoms with Gasteiger partial charge < -0.3 is 10.1 Å². The molecule has 2 rings (SSSR count). The van der Waals surface area contributed by atoms with Crippen molar-refractivity contribution >= 4 is 54.2 Å². The van der Waals surface area contributed by atoms with Gasteiger partial charge in [0.15, 0.2) is 11.7 Å². The Kier molecular flexibility index (Phi) is 6.04. The summed E-state index contributed by atoms with van der Waals surface area (Å²) in [6.45, 7) is -1.36. The molecule has 0 aliphatic heterocycles. The fourth-order valence-electron chi connectivity index (χ4n) is 1.55. The van der Waals surface area contributed by atoms with Gasteiger partial charge >= 0.3 is 6.18 Å². The molecule has 0 aliphatic carbocycles. The number of rotatable bonds is 5. The van der Waals surface area contributed by atoms with Gasteiger partial charge in [-0.25, -0.2) is 4.98 Å².